The SMILES string of the molecule is CN(Cc1cccc(C#N)c1)C(=O)c1cnc(-c2ccccc2)s1. The summed E-state index contributed by atoms with van der Waals surface area (Å²) in [4.78, 5) is 19.2. The number of benzene rings is 2. The van der Waals surface area contributed by atoms with Crippen molar-refractivity contribution in [2.75, 3.05) is 7.05 Å². The van der Waals surface area contributed by atoms with Gasteiger partial charge in [-0.3, -0.25) is 4.79 Å². The van der Waals surface area contributed by atoms with Crippen LogP contribution in [0.5, 0.6) is 0 Å². The largest absolute Gasteiger partial charge is 0.337 e. The van der Waals surface area contributed by atoms with Gasteiger partial charge < -0.3 is 4.90 Å². The van der Waals surface area contributed by atoms with Gasteiger partial charge in [-0.05, 0) is 17.7 Å². The van der Waals surface area contributed by atoms with Crippen LogP contribution in [0, 0.1) is 11.3 Å². The van der Waals surface area contributed by atoms with E-state index in [9.17, 15) is 4.79 Å². The van der Waals surface area contributed by atoms with E-state index in [1.54, 1.807) is 30.3 Å². The minimum absolute atomic E-state index is 0.0722. The van der Waals surface area contributed by atoms with Crippen LogP contribution in [0.3, 0.4) is 0 Å². The molecule has 0 radical (unpaired) electrons. The van der Waals surface area contributed by atoms with E-state index in [0.717, 1.165) is 16.1 Å². The molecule has 118 valence electrons. The monoisotopic (exact) mass is 333 g/mol. The van der Waals surface area contributed by atoms with E-state index in [4.69, 9.17) is 5.26 Å². The maximum atomic E-state index is 12.6. The third-order valence-corrected chi connectivity index (χ3v) is 4.59. The first-order chi connectivity index (χ1) is 11.7. The van der Waals surface area contributed by atoms with Crippen LogP contribution in [0.4, 0.5) is 0 Å². The van der Waals surface area contributed by atoms with Crippen molar-refractivity contribution in [2.45, 2.75) is 6.54 Å². The van der Waals surface area contributed by atoms with Gasteiger partial charge in [0, 0.05) is 19.2 Å². The summed E-state index contributed by atoms with van der Waals surface area (Å²) in [5.41, 5.74) is 2.53. The maximum absolute atomic E-state index is 12.6. The van der Waals surface area contributed by atoms with E-state index in [-0.39, 0.29) is 5.91 Å². The highest BCUT2D eigenvalue weighted by Crippen LogP contribution is 2.25. The van der Waals surface area contributed by atoms with Crippen molar-refractivity contribution < 1.29 is 4.79 Å². The quantitative estimate of drug-likeness (QED) is 0.726. The number of nitriles is 1. The number of carbonyl (C=O) groups excluding carboxylic acids is 1. The molecule has 0 aliphatic heterocycles. The summed E-state index contributed by atoms with van der Waals surface area (Å²) in [6, 6.07) is 19.2. The number of nitrogens with zero attached hydrogens (tertiary/aromatic N) is 3. The van der Waals surface area contributed by atoms with Gasteiger partial charge >= 0.3 is 0 Å². The molecule has 0 bridgehead atoms. The molecule has 0 atom stereocenters. The Hall–Kier alpha value is -2.97. The predicted octanol–water partition coefficient (Wildman–Crippen LogP) is 3.95. The van der Waals surface area contributed by atoms with Crippen molar-refractivity contribution in [3.05, 3.63) is 76.8 Å². The summed E-state index contributed by atoms with van der Waals surface area (Å²) < 4.78 is 0. The molecule has 2 aromatic carbocycles. The van der Waals surface area contributed by atoms with Crippen LogP contribution in [0.25, 0.3) is 10.6 Å². The second-order valence-electron chi connectivity index (χ2n) is 5.37. The first-order valence-electron chi connectivity index (χ1n) is 7.43. The molecule has 0 aliphatic carbocycles. The lowest BCUT2D eigenvalue weighted by Gasteiger charge is -2.16. The van der Waals surface area contributed by atoms with Gasteiger partial charge in [0.1, 0.15) is 9.88 Å². The minimum Gasteiger partial charge on any atom is -0.337 e. The highest BCUT2D eigenvalue weighted by Gasteiger charge is 2.16. The van der Waals surface area contributed by atoms with E-state index in [1.807, 2.05) is 42.5 Å². The normalized spacial score (nSPS) is 10.2. The number of hydrogen-bond donors (Lipinski definition) is 0. The van der Waals surface area contributed by atoms with E-state index < -0.39 is 0 Å². The topological polar surface area (TPSA) is 57.0 Å². The zero-order valence-corrected chi connectivity index (χ0v) is 14.0. The number of carbonyl (C=O) groups is 1. The van der Waals surface area contributed by atoms with Crippen molar-refractivity contribution in [1.82, 2.24) is 9.88 Å². The van der Waals surface area contributed by atoms with Crippen molar-refractivity contribution >= 4 is 17.2 Å². The molecular formula is C19H15N3OS. The summed E-state index contributed by atoms with van der Waals surface area (Å²) in [5, 5.41) is 9.79. The van der Waals surface area contributed by atoms with Crippen LogP contribution >= 0.6 is 11.3 Å². The van der Waals surface area contributed by atoms with E-state index in [1.165, 1.54) is 11.3 Å². The van der Waals surface area contributed by atoms with E-state index >= 15 is 0 Å². The Bertz CT molecular complexity index is 896. The van der Waals surface area contributed by atoms with Gasteiger partial charge in [0.2, 0.25) is 0 Å². The summed E-state index contributed by atoms with van der Waals surface area (Å²) in [6.07, 6.45) is 1.62. The van der Waals surface area contributed by atoms with Crippen molar-refractivity contribution in [3.63, 3.8) is 0 Å². The highest BCUT2D eigenvalue weighted by molar-refractivity contribution is 7.16. The van der Waals surface area contributed by atoms with Crippen molar-refractivity contribution in [3.8, 4) is 16.6 Å². The fraction of sp³-hybridized carbons (Fsp3) is 0.105. The molecule has 5 heteroatoms. The lowest BCUT2D eigenvalue weighted by molar-refractivity contribution is 0.0789. The van der Waals surface area contributed by atoms with Gasteiger partial charge in [-0.1, -0.05) is 42.5 Å². The smallest absolute Gasteiger partial charge is 0.265 e. The fourth-order valence-electron chi connectivity index (χ4n) is 2.36. The predicted molar refractivity (Wildman–Crippen MR) is 94.5 cm³/mol. The zero-order chi connectivity index (χ0) is 16.9. The molecule has 0 saturated carbocycles. The van der Waals surface area contributed by atoms with Gasteiger partial charge in [-0.15, -0.1) is 11.3 Å². The molecule has 0 N–H and O–H groups in total. The Morgan fingerprint density at radius 2 is 2.00 bits per heavy atom. The Morgan fingerprint density at radius 1 is 1.21 bits per heavy atom. The van der Waals surface area contributed by atoms with Crippen molar-refractivity contribution in [1.29, 1.82) is 5.26 Å². The number of hydrogen-bond acceptors (Lipinski definition) is 4. The van der Waals surface area contributed by atoms with Gasteiger partial charge in [0.05, 0.1) is 17.8 Å². The first kappa shape index (κ1) is 15.9. The zero-order valence-electron chi connectivity index (χ0n) is 13.1. The van der Waals surface area contributed by atoms with Crippen LogP contribution in [0.2, 0.25) is 0 Å². The Kier molecular flexibility index (Phi) is 4.69. The summed E-state index contributed by atoms with van der Waals surface area (Å²) in [5.74, 6) is -0.0722. The molecule has 3 rings (SSSR count). The Labute approximate surface area is 144 Å². The second kappa shape index (κ2) is 7.07. The van der Waals surface area contributed by atoms with Gasteiger partial charge in [0.25, 0.3) is 5.91 Å². The third-order valence-electron chi connectivity index (χ3n) is 3.56. The average Bonchev–Trinajstić information content (AvgIpc) is 3.12. The van der Waals surface area contributed by atoms with E-state index in [0.29, 0.717) is 17.0 Å². The van der Waals surface area contributed by atoms with Crippen molar-refractivity contribution in [2.24, 2.45) is 0 Å². The molecule has 1 amide bonds. The molecule has 3 aromatic rings. The maximum Gasteiger partial charge on any atom is 0.265 e. The summed E-state index contributed by atoms with van der Waals surface area (Å²) in [6.45, 7) is 0.451. The number of aromatic nitrogens is 1. The first-order valence-corrected chi connectivity index (χ1v) is 8.25. The lowest BCUT2D eigenvalue weighted by atomic mass is 10.1. The van der Waals surface area contributed by atoms with Gasteiger partial charge in [-0.25, -0.2) is 4.98 Å². The average molecular weight is 333 g/mol. The molecule has 0 fully saturated rings. The Morgan fingerprint density at radius 3 is 2.75 bits per heavy atom. The third kappa shape index (κ3) is 3.50. The summed E-state index contributed by atoms with van der Waals surface area (Å²) >= 11 is 1.39. The molecule has 4 nitrogen and oxygen atoms in total. The molecular weight excluding hydrogens is 318 g/mol. The van der Waals surface area contributed by atoms with E-state index in [2.05, 4.69) is 11.1 Å². The van der Waals surface area contributed by atoms with Gasteiger partial charge in [-0.2, -0.15) is 5.26 Å². The van der Waals surface area contributed by atoms with Crippen LogP contribution < -0.4 is 0 Å². The van der Waals surface area contributed by atoms with Crippen LogP contribution in [0.1, 0.15) is 20.8 Å². The molecule has 0 aliphatic rings. The molecule has 0 spiro atoms. The number of amides is 1. The van der Waals surface area contributed by atoms with Crippen LogP contribution in [-0.2, 0) is 6.54 Å². The molecule has 0 saturated heterocycles. The fourth-order valence-corrected chi connectivity index (χ4v) is 3.28. The van der Waals surface area contributed by atoms with Gasteiger partial charge in [0.15, 0.2) is 0 Å². The standard InChI is InChI=1S/C19H15N3OS/c1-22(13-15-7-5-6-14(10-15)11-20)19(23)17-12-21-18(24-17)16-8-3-2-4-9-16/h2-10,12H,13H2,1H3. The molecule has 1 heterocycles. The minimum atomic E-state index is -0.0722. The number of rotatable bonds is 4. The Balaban J connectivity index is 1.74. The van der Waals surface area contributed by atoms with Crippen LogP contribution in [-0.4, -0.2) is 22.8 Å². The summed E-state index contributed by atoms with van der Waals surface area (Å²) in [7, 11) is 1.75. The molecule has 1 aromatic heterocycles. The molecule has 24 heavy (non-hydrogen) atoms. The highest BCUT2D eigenvalue weighted by atomic mass is 32.1. The van der Waals surface area contributed by atoms with Crippen LogP contribution in [0.15, 0.2) is 60.8 Å². The molecule has 0 unspecified atom stereocenters. The number of thiazole rings is 1. The second-order valence-corrected chi connectivity index (χ2v) is 6.40. The lowest BCUT2D eigenvalue weighted by Crippen LogP contribution is -2.25.